The molecule has 0 amide bonds. The molecule has 1 aliphatic rings. The van der Waals surface area contributed by atoms with Gasteiger partial charge in [-0.2, -0.15) is 4.39 Å². The second-order valence-electron chi connectivity index (χ2n) is 9.28. The number of ether oxygens (including phenoxy) is 1. The lowest BCUT2D eigenvalue weighted by Gasteiger charge is -2.26. The minimum Gasteiger partial charge on any atom is -0.434 e. The minimum atomic E-state index is -2.72. The SMILES string of the molecule is O=S(O)NC(c1ccccc1F)c1cc(Cl)c(Oc2ncccc2-c2ccnc(N[C@@H]3CNC[C@@H](F)C3)n2)c(F)c1F. The molecule has 2 aromatic carbocycles. The van der Waals surface area contributed by atoms with Gasteiger partial charge >= 0.3 is 0 Å². The Balaban J connectivity index is 1.47. The summed E-state index contributed by atoms with van der Waals surface area (Å²) in [5, 5.41) is 5.64. The van der Waals surface area contributed by atoms with Gasteiger partial charge in [0.05, 0.1) is 22.3 Å². The molecule has 42 heavy (non-hydrogen) atoms. The molecule has 0 aliphatic carbocycles. The molecule has 4 atom stereocenters. The molecule has 0 bridgehead atoms. The fourth-order valence-corrected chi connectivity index (χ4v) is 5.22. The van der Waals surface area contributed by atoms with Crippen molar-refractivity contribution in [2.45, 2.75) is 24.7 Å². The van der Waals surface area contributed by atoms with Crippen molar-refractivity contribution in [3.63, 3.8) is 0 Å². The third-order valence-electron chi connectivity index (χ3n) is 6.42. The quantitative estimate of drug-likeness (QED) is 0.112. The minimum absolute atomic E-state index is 0.168. The summed E-state index contributed by atoms with van der Waals surface area (Å²) in [6.45, 7) is 0.799. The van der Waals surface area contributed by atoms with Crippen LogP contribution in [0.1, 0.15) is 23.6 Å². The lowest BCUT2D eigenvalue weighted by molar-refractivity contribution is 0.254. The van der Waals surface area contributed by atoms with Crippen LogP contribution in [0.15, 0.2) is 60.9 Å². The van der Waals surface area contributed by atoms with Gasteiger partial charge in [0.2, 0.25) is 28.9 Å². The van der Waals surface area contributed by atoms with E-state index in [-0.39, 0.29) is 42.0 Å². The van der Waals surface area contributed by atoms with Gasteiger partial charge in [-0.25, -0.2) is 37.1 Å². The van der Waals surface area contributed by atoms with Crippen molar-refractivity contribution in [3.05, 3.63) is 94.5 Å². The maximum Gasteiger partial charge on any atom is 0.232 e. The number of benzene rings is 2. The molecule has 9 nitrogen and oxygen atoms in total. The zero-order chi connectivity index (χ0) is 29.8. The molecular formula is C27H23ClF4N6O3S. The summed E-state index contributed by atoms with van der Waals surface area (Å²) in [7, 11) is 0. The van der Waals surface area contributed by atoms with Crippen molar-refractivity contribution < 1.29 is 31.1 Å². The molecule has 5 rings (SSSR count). The summed E-state index contributed by atoms with van der Waals surface area (Å²) < 4.78 is 87.9. The number of aromatic nitrogens is 3. The van der Waals surface area contributed by atoms with E-state index in [1.165, 1.54) is 30.6 Å². The zero-order valence-electron chi connectivity index (χ0n) is 21.5. The molecule has 1 fully saturated rings. The number of nitrogens with zero attached hydrogens (tertiary/aromatic N) is 3. The average molecular weight is 623 g/mol. The first-order valence-corrected chi connectivity index (χ1v) is 14.1. The Labute approximate surface area is 245 Å². The van der Waals surface area contributed by atoms with E-state index >= 15 is 8.78 Å². The van der Waals surface area contributed by atoms with E-state index in [0.29, 0.717) is 12.2 Å². The molecule has 0 radical (unpaired) electrons. The van der Waals surface area contributed by atoms with Crippen molar-refractivity contribution in [1.82, 2.24) is 25.0 Å². The Hall–Kier alpha value is -3.69. The zero-order valence-corrected chi connectivity index (χ0v) is 23.1. The Bertz CT molecular complexity index is 1620. The summed E-state index contributed by atoms with van der Waals surface area (Å²) in [6, 6.07) is 9.00. The van der Waals surface area contributed by atoms with Crippen molar-refractivity contribution in [2.24, 2.45) is 0 Å². The fraction of sp³-hybridized carbons (Fsp3) is 0.222. The molecule has 2 unspecified atom stereocenters. The smallest absolute Gasteiger partial charge is 0.232 e. The van der Waals surface area contributed by atoms with Crippen molar-refractivity contribution >= 4 is 28.8 Å². The average Bonchev–Trinajstić information content (AvgIpc) is 2.97. The molecule has 3 heterocycles. The Morgan fingerprint density at radius 1 is 1.05 bits per heavy atom. The molecule has 2 aromatic heterocycles. The highest BCUT2D eigenvalue weighted by atomic mass is 35.5. The Kier molecular flexibility index (Phi) is 9.28. The predicted molar refractivity (Wildman–Crippen MR) is 149 cm³/mol. The highest BCUT2D eigenvalue weighted by Gasteiger charge is 2.29. The van der Waals surface area contributed by atoms with Gasteiger partial charge in [0.15, 0.2) is 11.6 Å². The first-order valence-electron chi connectivity index (χ1n) is 12.6. The number of piperidine rings is 1. The number of hydrogen-bond donors (Lipinski definition) is 4. The van der Waals surface area contributed by atoms with Crippen LogP contribution in [0.5, 0.6) is 11.6 Å². The number of nitrogens with one attached hydrogen (secondary N) is 3. The third-order valence-corrected chi connectivity index (χ3v) is 7.14. The van der Waals surface area contributed by atoms with Gasteiger partial charge in [-0.05, 0) is 30.3 Å². The monoisotopic (exact) mass is 622 g/mol. The van der Waals surface area contributed by atoms with Crippen LogP contribution in [0, 0.1) is 17.5 Å². The van der Waals surface area contributed by atoms with E-state index in [9.17, 15) is 17.5 Å². The molecule has 4 N–H and O–H groups in total. The number of halogens is 5. The first kappa shape index (κ1) is 29.8. The maximum atomic E-state index is 15.5. The maximum absolute atomic E-state index is 15.5. The predicted octanol–water partition coefficient (Wildman–Crippen LogP) is 5.33. The van der Waals surface area contributed by atoms with Crippen LogP contribution in [-0.4, -0.2) is 49.0 Å². The molecule has 15 heteroatoms. The Morgan fingerprint density at radius 3 is 2.62 bits per heavy atom. The molecule has 4 aromatic rings. The summed E-state index contributed by atoms with van der Waals surface area (Å²) in [6.07, 6.45) is 2.10. The molecule has 220 valence electrons. The second-order valence-corrected chi connectivity index (χ2v) is 10.4. The number of pyridine rings is 1. The number of alkyl halides is 1. The van der Waals surface area contributed by atoms with Crippen molar-refractivity contribution in [2.75, 3.05) is 18.4 Å². The third kappa shape index (κ3) is 6.68. The Morgan fingerprint density at radius 2 is 1.86 bits per heavy atom. The van der Waals surface area contributed by atoms with Crippen LogP contribution < -0.4 is 20.1 Å². The van der Waals surface area contributed by atoms with Crippen LogP contribution in [0.4, 0.5) is 23.5 Å². The highest BCUT2D eigenvalue weighted by Crippen LogP contribution is 2.40. The molecule has 1 aliphatic heterocycles. The van der Waals surface area contributed by atoms with Crippen molar-refractivity contribution in [3.8, 4) is 22.9 Å². The van der Waals surface area contributed by atoms with E-state index in [2.05, 4.69) is 30.3 Å². The molecule has 0 spiro atoms. The topological polar surface area (TPSA) is 121 Å². The lowest BCUT2D eigenvalue weighted by Crippen LogP contribution is -2.44. The van der Waals surface area contributed by atoms with Gasteiger partial charge in [0.25, 0.3) is 0 Å². The molecular weight excluding hydrogens is 600 g/mol. The summed E-state index contributed by atoms with van der Waals surface area (Å²) in [5.41, 5.74) is -0.138. The second kappa shape index (κ2) is 13.1. The standard InChI is InChI=1S/C27H23ClF4N6O3S/c28-19-11-18(24(38-42(39)40)16-4-1-2-6-20(16)30)22(31)23(32)25(19)41-26-17(5-3-8-34-26)21-7-9-35-27(37-21)36-15-10-14(29)12-33-13-15/h1-9,11,14-15,24,33,38H,10,12-13H2,(H,39,40)(H,35,36,37)/t14-,15-,24?/m0/s1. The molecule has 0 saturated carbocycles. The fourth-order valence-electron chi connectivity index (χ4n) is 4.53. The lowest BCUT2D eigenvalue weighted by atomic mass is 9.98. The van der Waals surface area contributed by atoms with E-state index in [1.54, 1.807) is 18.2 Å². The summed E-state index contributed by atoms with van der Waals surface area (Å²) in [4.78, 5) is 12.8. The van der Waals surface area contributed by atoms with Gasteiger partial charge in [-0.1, -0.05) is 29.8 Å². The van der Waals surface area contributed by atoms with Crippen LogP contribution in [-0.2, 0) is 11.3 Å². The van der Waals surface area contributed by atoms with Crippen LogP contribution in [0.25, 0.3) is 11.3 Å². The van der Waals surface area contributed by atoms with Crippen LogP contribution in [0.3, 0.4) is 0 Å². The number of hydrogen-bond acceptors (Lipinski definition) is 7. The number of rotatable bonds is 9. The van der Waals surface area contributed by atoms with Gasteiger partial charge in [0, 0.05) is 49.1 Å². The number of anilines is 1. The summed E-state index contributed by atoms with van der Waals surface area (Å²) >= 11 is 3.59. The summed E-state index contributed by atoms with van der Waals surface area (Å²) in [5.74, 6) is -4.51. The van der Waals surface area contributed by atoms with Gasteiger partial charge in [-0.3, -0.25) is 4.55 Å². The van der Waals surface area contributed by atoms with E-state index in [1.807, 2.05) is 0 Å². The highest BCUT2D eigenvalue weighted by molar-refractivity contribution is 7.77. The van der Waals surface area contributed by atoms with E-state index < -0.39 is 57.3 Å². The van der Waals surface area contributed by atoms with Gasteiger partial charge in [0.1, 0.15) is 12.0 Å². The van der Waals surface area contributed by atoms with E-state index in [0.717, 1.165) is 12.1 Å². The van der Waals surface area contributed by atoms with Crippen LogP contribution in [0.2, 0.25) is 5.02 Å². The first-order chi connectivity index (χ1) is 20.2. The van der Waals surface area contributed by atoms with Crippen molar-refractivity contribution in [1.29, 1.82) is 0 Å². The largest absolute Gasteiger partial charge is 0.434 e. The molecule has 1 saturated heterocycles. The normalized spacial score (nSPS) is 18.3. The van der Waals surface area contributed by atoms with E-state index in [4.69, 9.17) is 16.3 Å². The van der Waals surface area contributed by atoms with Gasteiger partial charge < -0.3 is 15.4 Å². The van der Waals surface area contributed by atoms with Gasteiger partial charge in [-0.15, -0.1) is 0 Å². The van der Waals surface area contributed by atoms with Crippen LogP contribution >= 0.6 is 11.6 Å².